The van der Waals surface area contributed by atoms with Gasteiger partial charge in [0.25, 0.3) is 5.91 Å². The van der Waals surface area contributed by atoms with Crippen molar-refractivity contribution in [2.24, 2.45) is 5.92 Å². The van der Waals surface area contributed by atoms with E-state index in [1.807, 2.05) is 43.3 Å². The van der Waals surface area contributed by atoms with E-state index in [0.717, 1.165) is 55.6 Å². The number of rotatable bonds is 7. The second-order valence-corrected chi connectivity index (χ2v) is 8.81. The lowest BCUT2D eigenvalue weighted by Gasteiger charge is -2.32. The minimum atomic E-state index is -0.477. The van der Waals surface area contributed by atoms with Crippen LogP contribution in [0.25, 0.3) is 11.1 Å². The van der Waals surface area contributed by atoms with Crippen LogP contribution >= 0.6 is 0 Å². The molecule has 166 valence electrons. The van der Waals surface area contributed by atoms with Crippen LogP contribution in [0.2, 0.25) is 0 Å². The number of carbonyl (C=O) groups excluding carboxylic acids is 1. The van der Waals surface area contributed by atoms with Gasteiger partial charge in [0.1, 0.15) is 5.82 Å². The first kappa shape index (κ1) is 22.2. The maximum atomic E-state index is 14.6. The zero-order valence-corrected chi connectivity index (χ0v) is 18.7. The van der Waals surface area contributed by atoms with Crippen LogP contribution in [-0.4, -0.2) is 30.4 Å². The Morgan fingerprint density at radius 3 is 2.34 bits per heavy atom. The summed E-state index contributed by atoms with van der Waals surface area (Å²) in [5.41, 5.74) is 4.35. The van der Waals surface area contributed by atoms with Crippen LogP contribution in [0.15, 0.2) is 72.8 Å². The van der Waals surface area contributed by atoms with Gasteiger partial charge in [-0.15, -0.1) is 0 Å². The van der Waals surface area contributed by atoms with E-state index in [-0.39, 0.29) is 11.5 Å². The maximum Gasteiger partial charge on any atom is 0.254 e. The first-order valence-corrected chi connectivity index (χ1v) is 11.5. The largest absolute Gasteiger partial charge is 0.352 e. The summed E-state index contributed by atoms with van der Waals surface area (Å²) >= 11 is 0. The molecule has 0 aromatic heterocycles. The van der Waals surface area contributed by atoms with Crippen molar-refractivity contribution in [3.63, 3.8) is 0 Å². The van der Waals surface area contributed by atoms with Crippen molar-refractivity contribution in [3.05, 3.63) is 95.3 Å². The van der Waals surface area contributed by atoms with Crippen LogP contribution in [-0.2, 0) is 6.54 Å². The Balaban J connectivity index is 1.22. The predicted octanol–water partition coefficient (Wildman–Crippen LogP) is 5.83. The Labute approximate surface area is 190 Å². The summed E-state index contributed by atoms with van der Waals surface area (Å²) in [6.45, 7) is 5.78. The average Bonchev–Trinajstić information content (AvgIpc) is 2.81. The SMILES string of the molecule is Cc1ccc(-c2ccc(C(=O)NCCC3CCN(Cc4ccccc4)CC3)c(F)c2)cc1. The molecule has 1 N–H and O–H groups in total. The number of halogens is 1. The van der Waals surface area contributed by atoms with Gasteiger partial charge in [-0.1, -0.05) is 66.2 Å². The fourth-order valence-corrected chi connectivity index (χ4v) is 4.38. The summed E-state index contributed by atoms with van der Waals surface area (Å²) in [7, 11) is 0. The molecule has 1 amide bonds. The van der Waals surface area contributed by atoms with Crippen molar-refractivity contribution in [1.29, 1.82) is 0 Å². The van der Waals surface area contributed by atoms with Crippen LogP contribution in [0.5, 0.6) is 0 Å². The van der Waals surface area contributed by atoms with Gasteiger partial charge >= 0.3 is 0 Å². The minimum absolute atomic E-state index is 0.110. The molecule has 0 radical (unpaired) electrons. The number of amides is 1. The van der Waals surface area contributed by atoms with Crippen LogP contribution in [0, 0.1) is 18.7 Å². The third-order valence-electron chi connectivity index (χ3n) is 6.39. The summed E-state index contributed by atoms with van der Waals surface area (Å²) in [6.07, 6.45) is 3.22. The van der Waals surface area contributed by atoms with Crippen molar-refractivity contribution in [2.45, 2.75) is 32.7 Å². The van der Waals surface area contributed by atoms with E-state index in [9.17, 15) is 9.18 Å². The zero-order valence-electron chi connectivity index (χ0n) is 18.7. The molecule has 1 heterocycles. The standard InChI is InChI=1S/C28H31FN2O/c1-21-7-9-24(10-8-21)25-11-12-26(27(29)19-25)28(32)30-16-13-22-14-17-31(18-15-22)20-23-5-3-2-4-6-23/h2-12,19,22H,13-18,20H2,1H3,(H,30,32). The van der Waals surface area contributed by atoms with Crippen LogP contribution < -0.4 is 5.32 Å². The van der Waals surface area contributed by atoms with Gasteiger partial charge in [0.15, 0.2) is 0 Å². The fraction of sp³-hybridized carbons (Fsp3) is 0.321. The molecule has 0 atom stereocenters. The van der Waals surface area contributed by atoms with E-state index >= 15 is 0 Å². The van der Waals surface area contributed by atoms with Crippen LogP contribution in [0.1, 0.15) is 40.7 Å². The molecular formula is C28H31FN2O. The second-order valence-electron chi connectivity index (χ2n) is 8.81. The van der Waals surface area contributed by atoms with E-state index in [2.05, 4.69) is 34.5 Å². The van der Waals surface area contributed by atoms with Crippen molar-refractivity contribution in [1.82, 2.24) is 10.2 Å². The Kier molecular flexibility index (Phi) is 7.33. The van der Waals surface area contributed by atoms with Crippen molar-refractivity contribution in [2.75, 3.05) is 19.6 Å². The molecule has 3 nitrogen and oxygen atoms in total. The van der Waals surface area contributed by atoms with E-state index in [4.69, 9.17) is 0 Å². The second kappa shape index (κ2) is 10.6. The topological polar surface area (TPSA) is 32.3 Å². The van der Waals surface area contributed by atoms with E-state index in [0.29, 0.717) is 12.5 Å². The van der Waals surface area contributed by atoms with E-state index < -0.39 is 5.82 Å². The minimum Gasteiger partial charge on any atom is -0.352 e. The fourth-order valence-electron chi connectivity index (χ4n) is 4.38. The molecular weight excluding hydrogens is 399 g/mol. The molecule has 0 saturated carbocycles. The first-order chi connectivity index (χ1) is 15.6. The summed E-state index contributed by atoms with van der Waals surface area (Å²) in [6, 6.07) is 23.4. The summed E-state index contributed by atoms with van der Waals surface area (Å²) in [5, 5.41) is 2.91. The molecule has 3 aromatic rings. The van der Waals surface area contributed by atoms with E-state index in [1.165, 1.54) is 11.6 Å². The van der Waals surface area contributed by atoms with Gasteiger partial charge in [0.05, 0.1) is 5.56 Å². The number of piperidine rings is 1. The maximum absolute atomic E-state index is 14.6. The van der Waals surface area contributed by atoms with Crippen molar-refractivity contribution in [3.8, 4) is 11.1 Å². The lowest BCUT2D eigenvalue weighted by atomic mass is 9.93. The number of carbonyl (C=O) groups is 1. The Morgan fingerprint density at radius 2 is 1.66 bits per heavy atom. The third kappa shape index (κ3) is 5.83. The molecule has 1 saturated heterocycles. The number of hydrogen-bond donors (Lipinski definition) is 1. The smallest absolute Gasteiger partial charge is 0.254 e. The number of aryl methyl sites for hydroxylation is 1. The highest BCUT2D eigenvalue weighted by Gasteiger charge is 2.20. The summed E-state index contributed by atoms with van der Waals surface area (Å²) in [4.78, 5) is 15.0. The Bertz CT molecular complexity index is 1030. The normalized spacial score (nSPS) is 14.9. The van der Waals surface area contributed by atoms with Gasteiger partial charge in [-0.25, -0.2) is 4.39 Å². The molecule has 0 bridgehead atoms. The molecule has 32 heavy (non-hydrogen) atoms. The molecule has 1 fully saturated rings. The number of likely N-dealkylation sites (tertiary alicyclic amines) is 1. The van der Waals surface area contributed by atoms with Gasteiger partial charge in [0.2, 0.25) is 0 Å². The van der Waals surface area contributed by atoms with Crippen LogP contribution in [0.4, 0.5) is 4.39 Å². The molecule has 1 aliphatic rings. The third-order valence-corrected chi connectivity index (χ3v) is 6.39. The van der Waals surface area contributed by atoms with Gasteiger partial charge in [0, 0.05) is 13.1 Å². The van der Waals surface area contributed by atoms with Crippen molar-refractivity contribution < 1.29 is 9.18 Å². The van der Waals surface area contributed by atoms with Crippen molar-refractivity contribution >= 4 is 5.91 Å². The highest BCUT2D eigenvalue weighted by molar-refractivity contribution is 5.95. The Hall–Kier alpha value is -2.98. The molecule has 4 heteroatoms. The lowest BCUT2D eigenvalue weighted by molar-refractivity contribution is 0.0943. The number of hydrogen-bond acceptors (Lipinski definition) is 2. The van der Waals surface area contributed by atoms with Gasteiger partial charge < -0.3 is 5.32 Å². The molecule has 0 spiro atoms. The van der Waals surface area contributed by atoms with Gasteiger partial charge in [-0.3, -0.25) is 9.69 Å². The molecule has 0 unspecified atom stereocenters. The summed E-state index contributed by atoms with van der Waals surface area (Å²) in [5.74, 6) is -0.203. The average molecular weight is 431 g/mol. The van der Waals surface area contributed by atoms with Crippen LogP contribution in [0.3, 0.4) is 0 Å². The van der Waals surface area contributed by atoms with E-state index in [1.54, 1.807) is 6.07 Å². The quantitative estimate of drug-likeness (QED) is 0.511. The molecule has 0 aliphatic carbocycles. The highest BCUT2D eigenvalue weighted by Crippen LogP contribution is 2.23. The summed E-state index contributed by atoms with van der Waals surface area (Å²) < 4.78 is 14.6. The van der Waals surface area contributed by atoms with Gasteiger partial charge in [-0.05, 0) is 74.0 Å². The Morgan fingerprint density at radius 1 is 0.969 bits per heavy atom. The lowest BCUT2D eigenvalue weighted by Crippen LogP contribution is -2.35. The number of nitrogens with one attached hydrogen (secondary N) is 1. The zero-order chi connectivity index (χ0) is 22.3. The molecule has 3 aromatic carbocycles. The first-order valence-electron chi connectivity index (χ1n) is 11.5. The number of benzene rings is 3. The number of nitrogens with zero attached hydrogens (tertiary/aromatic N) is 1. The predicted molar refractivity (Wildman–Crippen MR) is 128 cm³/mol. The molecule has 1 aliphatic heterocycles. The highest BCUT2D eigenvalue weighted by atomic mass is 19.1. The monoisotopic (exact) mass is 430 g/mol. The molecule has 4 rings (SSSR count). The van der Waals surface area contributed by atoms with Gasteiger partial charge in [-0.2, -0.15) is 0 Å².